The van der Waals surface area contributed by atoms with Gasteiger partial charge >= 0.3 is 23.6 Å². The first-order valence-electron chi connectivity index (χ1n) is 12.8. The third kappa shape index (κ3) is 6.26. The van der Waals surface area contributed by atoms with Gasteiger partial charge in [0, 0.05) is 0 Å². The average molecular weight is 593 g/mol. The van der Waals surface area contributed by atoms with E-state index in [-0.39, 0.29) is 16.7 Å². The zero-order valence-electron chi connectivity index (χ0n) is 22.1. The van der Waals surface area contributed by atoms with Gasteiger partial charge in [0.2, 0.25) is 11.9 Å². The van der Waals surface area contributed by atoms with E-state index in [1.165, 1.54) is 60.7 Å². The third-order valence-corrected chi connectivity index (χ3v) is 6.43. The first kappa shape index (κ1) is 29.1. The van der Waals surface area contributed by atoms with E-state index >= 15 is 4.39 Å². The Morgan fingerprint density at radius 2 is 1.28 bits per heavy atom. The number of carbonyl (C=O) groups excluding carboxylic acids is 3. The van der Waals surface area contributed by atoms with E-state index in [4.69, 9.17) is 18.9 Å². The van der Waals surface area contributed by atoms with Crippen LogP contribution >= 0.6 is 0 Å². The largest absolute Gasteiger partial charge is 0.456 e. The number of hydrogen-bond acceptors (Lipinski definition) is 9. The van der Waals surface area contributed by atoms with Crippen LogP contribution < -0.4 is 11.2 Å². The van der Waals surface area contributed by atoms with Gasteiger partial charge in [0.05, 0.1) is 22.9 Å². The summed E-state index contributed by atoms with van der Waals surface area (Å²) in [4.78, 5) is 64.9. The van der Waals surface area contributed by atoms with Crippen LogP contribution in [0.4, 0.5) is 8.78 Å². The van der Waals surface area contributed by atoms with Gasteiger partial charge in [-0.2, -0.15) is 4.39 Å². The van der Waals surface area contributed by atoms with Crippen molar-refractivity contribution in [2.75, 3.05) is 6.61 Å². The molecule has 0 saturated carbocycles. The molecule has 0 amide bonds. The van der Waals surface area contributed by atoms with Crippen LogP contribution in [0.5, 0.6) is 0 Å². The molecule has 5 rings (SSSR count). The number of halogens is 2. The molecule has 0 aliphatic carbocycles. The summed E-state index contributed by atoms with van der Waals surface area (Å²) in [7, 11) is 0. The van der Waals surface area contributed by atoms with Gasteiger partial charge in [-0.1, -0.05) is 54.6 Å². The normalized spacial score (nSPS) is 21.1. The van der Waals surface area contributed by atoms with Gasteiger partial charge in [0.25, 0.3) is 11.4 Å². The maximum absolute atomic E-state index is 16.8. The Bertz CT molecular complexity index is 1750. The second-order valence-corrected chi connectivity index (χ2v) is 9.31. The fourth-order valence-corrected chi connectivity index (χ4v) is 4.33. The molecule has 0 spiro atoms. The molecule has 11 nitrogen and oxygen atoms in total. The molecule has 1 aliphatic rings. The first-order valence-corrected chi connectivity index (χ1v) is 12.8. The van der Waals surface area contributed by atoms with E-state index in [0.29, 0.717) is 10.8 Å². The zero-order valence-corrected chi connectivity index (χ0v) is 22.1. The van der Waals surface area contributed by atoms with Gasteiger partial charge in [-0.15, -0.1) is 0 Å². The Labute approximate surface area is 241 Å². The lowest BCUT2D eigenvalue weighted by atomic mass is 10.1. The van der Waals surface area contributed by atoms with Crippen molar-refractivity contribution < 1.29 is 42.1 Å². The number of aromatic nitrogens is 2. The highest BCUT2D eigenvalue weighted by atomic mass is 19.2. The van der Waals surface area contributed by atoms with Crippen LogP contribution in [0, 0.1) is 5.82 Å². The Balaban J connectivity index is 1.56. The molecule has 43 heavy (non-hydrogen) atoms. The molecule has 0 bridgehead atoms. The maximum atomic E-state index is 16.8. The topological polar surface area (TPSA) is 143 Å². The predicted molar refractivity (Wildman–Crippen MR) is 143 cm³/mol. The highest BCUT2D eigenvalue weighted by molar-refractivity contribution is 5.91. The molecule has 2 heterocycles. The smallest absolute Gasteiger partial charge is 0.338 e. The Hall–Kier alpha value is -5.43. The number of esters is 3. The van der Waals surface area contributed by atoms with Crippen molar-refractivity contribution in [3.05, 3.63) is 141 Å². The van der Waals surface area contributed by atoms with Crippen molar-refractivity contribution in [1.82, 2.24) is 9.55 Å². The SMILES string of the molecule is O=C(OC[C@@]1(F)OC(n2cc(F)c(=O)[nH]c2=O)[C@H](OC(=O)c2ccccc2)[C@@H]1OC(=O)c1ccccc1)c1ccccc1. The van der Waals surface area contributed by atoms with Crippen molar-refractivity contribution in [1.29, 1.82) is 0 Å². The Kier molecular flexibility index (Phi) is 8.25. The molecule has 4 atom stereocenters. The number of alkyl halides is 1. The molecule has 1 aromatic heterocycles. The average Bonchev–Trinajstić information content (AvgIpc) is 3.29. The van der Waals surface area contributed by atoms with Gasteiger partial charge in [0.15, 0.2) is 18.9 Å². The molecule has 1 aliphatic heterocycles. The summed E-state index contributed by atoms with van der Waals surface area (Å²) in [5.41, 5.74) is -2.58. The van der Waals surface area contributed by atoms with E-state index in [1.807, 2.05) is 0 Å². The molecule has 220 valence electrons. The molecule has 3 aromatic carbocycles. The quantitative estimate of drug-likeness (QED) is 0.241. The lowest BCUT2D eigenvalue weighted by molar-refractivity contribution is -0.208. The van der Waals surface area contributed by atoms with Crippen LogP contribution in [-0.4, -0.2) is 52.1 Å². The lowest BCUT2D eigenvalue weighted by Gasteiger charge is -2.27. The molecule has 1 saturated heterocycles. The summed E-state index contributed by atoms with van der Waals surface area (Å²) in [5, 5.41) is 0. The summed E-state index contributed by atoms with van der Waals surface area (Å²) in [6.07, 6.45) is -5.69. The van der Waals surface area contributed by atoms with E-state index in [1.54, 1.807) is 35.3 Å². The second kappa shape index (κ2) is 12.2. The first-order chi connectivity index (χ1) is 20.7. The van der Waals surface area contributed by atoms with Crippen molar-refractivity contribution >= 4 is 17.9 Å². The molecule has 1 unspecified atom stereocenters. The fraction of sp³-hybridized carbons (Fsp3) is 0.167. The minimum absolute atomic E-state index is 0.00115. The number of carbonyl (C=O) groups is 3. The monoisotopic (exact) mass is 592 g/mol. The number of rotatable bonds is 8. The van der Waals surface area contributed by atoms with E-state index in [2.05, 4.69) is 0 Å². The standard InChI is InChI=1S/C30H22F2N2O9/c31-21-16-34(29(39)33-24(21)35)25-22(41-27(37)19-12-6-2-7-13-19)23(42-28(38)20-14-8-3-9-15-20)30(32,43-25)17-40-26(36)18-10-4-1-5-11-18/h1-16,22-23,25H,17H2,(H,33,35,39)/t22-,23+,25?,30-/m1/s1. The third-order valence-electron chi connectivity index (χ3n) is 6.43. The van der Waals surface area contributed by atoms with Crippen LogP contribution in [0.25, 0.3) is 0 Å². The number of hydrogen-bond donors (Lipinski definition) is 1. The fourth-order valence-electron chi connectivity index (χ4n) is 4.33. The minimum Gasteiger partial charge on any atom is -0.456 e. The van der Waals surface area contributed by atoms with Crippen LogP contribution in [-0.2, 0) is 18.9 Å². The summed E-state index contributed by atoms with van der Waals surface area (Å²) < 4.78 is 53.2. The zero-order chi connectivity index (χ0) is 30.6. The van der Waals surface area contributed by atoms with Crippen molar-refractivity contribution in [3.63, 3.8) is 0 Å². The second-order valence-electron chi connectivity index (χ2n) is 9.31. The van der Waals surface area contributed by atoms with Gasteiger partial charge in [-0.05, 0) is 36.4 Å². The molecular weight excluding hydrogens is 570 g/mol. The van der Waals surface area contributed by atoms with E-state index in [0.717, 1.165) is 0 Å². The maximum Gasteiger partial charge on any atom is 0.338 e. The molecule has 1 N–H and O–H groups in total. The van der Waals surface area contributed by atoms with Crippen molar-refractivity contribution in [2.45, 2.75) is 24.3 Å². The number of nitrogens with zero attached hydrogens (tertiary/aromatic N) is 1. The summed E-state index contributed by atoms with van der Waals surface area (Å²) in [6, 6.07) is 22.4. The minimum atomic E-state index is -3.24. The van der Waals surface area contributed by atoms with Crippen LogP contribution in [0.15, 0.2) is 107 Å². The lowest BCUT2D eigenvalue weighted by Crippen LogP contribution is -2.48. The molecule has 4 aromatic rings. The number of H-pyrrole nitrogens is 1. The molecule has 0 radical (unpaired) electrons. The van der Waals surface area contributed by atoms with Gasteiger partial charge in [-0.3, -0.25) is 14.3 Å². The number of benzene rings is 3. The Morgan fingerprint density at radius 1 is 0.791 bits per heavy atom. The number of aromatic amines is 1. The van der Waals surface area contributed by atoms with Gasteiger partial charge < -0.3 is 18.9 Å². The summed E-state index contributed by atoms with van der Waals surface area (Å²) >= 11 is 0. The van der Waals surface area contributed by atoms with Crippen molar-refractivity contribution in [3.8, 4) is 0 Å². The predicted octanol–water partition coefficient (Wildman–Crippen LogP) is 3.18. The number of ether oxygens (including phenoxy) is 4. The number of nitrogens with one attached hydrogen (secondary N) is 1. The van der Waals surface area contributed by atoms with Crippen LogP contribution in [0.3, 0.4) is 0 Å². The Morgan fingerprint density at radius 3 is 1.81 bits per heavy atom. The van der Waals surface area contributed by atoms with Gasteiger partial charge in [0.1, 0.15) is 0 Å². The van der Waals surface area contributed by atoms with Crippen LogP contribution in [0.1, 0.15) is 37.3 Å². The highest BCUT2D eigenvalue weighted by Gasteiger charge is 2.62. The van der Waals surface area contributed by atoms with Crippen LogP contribution in [0.2, 0.25) is 0 Å². The molecule has 13 heteroatoms. The van der Waals surface area contributed by atoms with Crippen molar-refractivity contribution in [2.24, 2.45) is 0 Å². The summed E-state index contributed by atoms with van der Waals surface area (Å²) in [5.74, 6) is -7.77. The molecular formula is C30H22F2N2O9. The van der Waals surface area contributed by atoms with E-state index in [9.17, 15) is 28.4 Å². The summed E-state index contributed by atoms with van der Waals surface area (Å²) in [6.45, 7) is -1.20. The van der Waals surface area contributed by atoms with Gasteiger partial charge in [-0.25, -0.2) is 23.6 Å². The van der Waals surface area contributed by atoms with E-state index < -0.39 is 65.9 Å². The molecule has 1 fully saturated rings. The highest BCUT2D eigenvalue weighted by Crippen LogP contribution is 2.42.